The fourth-order valence-electron chi connectivity index (χ4n) is 7.88. The molecule has 2 fully saturated rings. The van der Waals surface area contributed by atoms with Crippen LogP contribution in [-0.2, 0) is 4.79 Å². The number of aliphatic hydroxyl groups excluding tert-OH is 1. The number of unbranched alkanes of at least 4 members (excludes halogenated alkanes) is 2. The van der Waals surface area contributed by atoms with Gasteiger partial charge in [0.15, 0.2) is 23.0 Å². The molecule has 2 amide bonds. The van der Waals surface area contributed by atoms with E-state index in [0.717, 1.165) is 87.7 Å². The number of methoxy groups -OCH3 is 2. The highest BCUT2D eigenvalue weighted by Crippen LogP contribution is 2.55. The number of carbonyl (C=O) groups excluding carboxylic acids is 2. The van der Waals surface area contributed by atoms with Crippen LogP contribution in [0.15, 0.2) is 72.5 Å². The molecule has 11 heteroatoms. The van der Waals surface area contributed by atoms with E-state index < -0.39 is 6.23 Å². The van der Waals surface area contributed by atoms with Crippen molar-refractivity contribution in [3.05, 3.63) is 83.6 Å². The molecule has 0 radical (unpaired) electrons. The van der Waals surface area contributed by atoms with Gasteiger partial charge in [-0.05, 0) is 99.5 Å². The first-order valence-corrected chi connectivity index (χ1v) is 19.7. The van der Waals surface area contributed by atoms with Crippen molar-refractivity contribution in [2.45, 2.75) is 89.9 Å². The number of hydrogen-bond donors (Lipinski definition) is 2. The van der Waals surface area contributed by atoms with Gasteiger partial charge in [0.05, 0.1) is 50.8 Å². The van der Waals surface area contributed by atoms with E-state index in [0.29, 0.717) is 48.3 Å². The van der Waals surface area contributed by atoms with Gasteiger partial charge in [-0.15, -0.1) is 0 Å². The first kappa shape index (κ1) is 39.8. The maximum absolute atomic E-state index is 13.9. The maximum Gasteiger partial charge on any atom is 0.260 e. The third-order valence-electron chi connectivity index (χ3n) is 11.4. The number of ether oxygens (including phenoxy) is 4. The van der Waals surface area contributed by atoms with Crippen LogP contribution in [0.4, 0.5) is 11.4 Å². The van der Waals surface area contributed by atoms with Crippen LogP contribution in [0.2, 0.25) is 0 Å². The SMILES string of the molecule is CCC1CNc2cc(OCCCCCOc3cc(N(C)C(O)C4CC5(CC5)CN4C=O)c(C)cc3OC)c(OC)cc2C(=O)N1/C=C/C1=C/CC=C/C=C\C1. The van der Waals surface area contributed by atoms with Gasteiger partial charge in [-0.2, -0.15) is 0 Å². The standard InChI is InChI=1S/C44H58N4O7/c1-6-33-28-45-35-25-40(39(53-5)24-34(35)42(50)48(33)20-17-32-15-11-8-7-9-12-16-32)54-21-13-10-14-22-55-41-26-36(31(2)23-38(41)52-4)46(3)43(51)37-27-44(18-19-44)29-47(37)30-49/h7-9,11,16-17,20,23-26,30,33,37,43,45,51H,6,10,12-15,18-19,21-22,27-29H2,1-5H3/b9-7?,11-8-,20-17+,32-16+. The first-order valence-electron chi connectivity index (χ1n) is 19.7. The molecule has 6 rings (SSSR count). The van der Waals surface area contributed by atoms with Crippen LogP contribution < -0.4 is 29.2 Å². The van der Waals surface area contributed by atoms with Crippen LogP contribution in [0.3, 0.4) is 0 Å². The molecule has 3 unspecified atom stereocenters. The molecular formula is C44H58N4O7. The zero-order valence-corrected chi connectivity index (χ0v) is 33.1. The number of fused-ring (bicyclic) bond motifs is 1. The van der Waals surface area contributed by atoms with Gasteiger partial charge in [-0.25, -0.2) is 0 Å². The Bertz CT molecular complexity index is 1800. The molecular weight excluding hydrogens is 697 g/mol. The van der Waals surface area contributed by atoms with Crippen molar-refractivity contribution < 1.29 is 33.6 Å². The van der Waals surface area contributed by atoms with Crippen molar-refractivity contribution in [2.75, 3.05) is 57.8 Å². The van der Waals surface area contributed by atoms with E-state index in [1.54, 1.807) is 25.2 Å². The Hall–Kier alpha value is -4.90. The lowest BCUT2D eigenvalue weighted by Crippen LogP contribution is -2.47. The second-order valence-corrected chi connectivity index (χ2v) is 15.2. The molecule has 11 nitrogen and oxygen atoms in total. The van der Waals surface area contributed by atoms with Crippen molar-refractivity contribution in [3.8, 4) is 23.0 Å². The summed E-state index contributed by atoms with van der Waals surface area (Å²) in [6.07, 6.45) is 22.6. The summed E-state index contributed by atoms with van der Waals surface area (Å²) in [6, 6.07) is 7.26. The van der Waals surface area contributed by atoms with Crippen molar-refractivity contribution in [1.82, 2.24) is 9.80 Å². The first-order chi connectivity index (χ1) is 26.7. The molecule has 0 bridgehead atoms. The molecule has 55 heavy (non-hydrogen) atoms. The molecule has 2 aromatic rings. The zero-order valence-electron chi connectivity index (χ0n) is 33.1. The average molecular weight is 755 g/mol. The van der Waals surface area contributed by atoms with E-state index in [1.165, 1.54) is 5.57 Å². The number of amides is 2. The average Bonchev–Trinajstić information content (AvgIpc) is 3.87. The molecule has 4 aliphatic rings. The molecule has 1 spiro atoms. The van der Waals surface area contributed by atoms with Gasteiger partial charge in [0.25, 0.3) is 5.91 Å². The van der Waals surface area contributed by atoms with Crippen LogP contribution in [0, 0.1) is 12.3 Å². The summed E-state index contributed by atoms with van der Waals surface area (Å²) in [5.41, 5.74) is 4.43. The number of hydrogen-bond acceptors (Lipinski definition) is 9. The summed E-state index contributed by atoms with van der Waals surface area (Å²) < 4.78 is 23.8. The normalized spacial score (nSPS) is 22.1. The van der Waals surface area contributed by atoms with Gasteiger partial charge >= 0.3 is 0 Å². The van der Waals surface area contributed by atoms with E-state index in [4.69, 9.17) is 18.9 Å². The van der Waals surface area contributed by atoms with E-state index >= 15 is 0 Å². The van der Waals surface area contributed by atoms with E-state index in [2.05, 4.69) is 48.7 Å². The van der Waals surface area contributed by atoms with E-state index in [-0.39, 0.29) is 23.4 Å². The lowest BCUT2D eigenvalue weighted by Gasteiger charge is -2.34. The van der Waals surface area contributed by atoms with Crippen molar-refractivity contribution >= 4 is 23.7 Å². The topological polar surface area (TPSA) is 113 Å². The molecule has 2 aliphatic heterocycles. The highest BCUT2D eigenvalue weighted by atomic mass is 16.5. The largest absolute Gasteiger partial charge is 0.493 e. The number of benzene rings is 2. The molecule has 2 aliphatic carbocycles. The fraction of sp³-hybridized carbons (Fsp3) is 0.500. The fourth-order valence-corrected chi connectivity index (χ4v) is 7.88. The summed E-state index contributed by atoms with van der Waals surface area (Å²) in [5, 5.41) is 14.9. The van der Waals surface area contributed by atoms with Crippen LogP contribution in [0.5, 0.6) is 23.0 Å². The number of anilines is 2. The second-order valence-electron chi connectivity index (χ2n) is 15.2. The van der Waals surface area contributed by atoms with Crippen LogP contribution in [0.25, 0.3) is 0 Å². The lowest BCUT2D eigenvalue weighted by atomic mass is 10.0. The van der Waals surface area contributed by atoms with Gasteiger partial charge in [0.1, 0.15) is 6.23 Å². The molecule has 2 aromatic carbocycles. The summed E-state index contributed by atoms with van der Waals surface area (Å²) in [7, 11) is 5.08. The maximum atomic E-state index is 13.9. The van der Waals surface area contributed by atoms with Gasteiger partial charge in [-0.3, -0.25) is 9.59 Å². The van der Waals surface area contributed by atoms with Crippen LogP contribution in [0.1, 0.15) is 80.6 Å². The zero-order chi connectivity index (χ0) is 39.0. The van der Waals surface area contributed by atoms with Gasteiger partial charge in [0.2, 0.25) is 6.41 Å². The number of likely N-dealkylation sites (tertiary alicyclic amines) is 1. The molecule has 296 valence electrons. The monoisotopic (exact) mass is 754 g/mol. The third-order valence-corrected chi connectivity index (χ3v) is 11.4. The van der Waals surface area contributed by atoms with Gasteiger partial charge in [-0.1, -0.05) is 37.3 Å². The van der Waals surface area contributed by atoms with Crippen LogP contribution in [-0.4, -0.2) is 93.1 Å². The van der Waals surface area contributed by atoms with Gasteiger partial charge < -0.3 is 44.1 Å². The van der Waals surface area contributed by atoms with Crippen molar-refractivity contribution in [2.24, 2.45) is 5.41 Å². The Labute approximate surface area is 326 Å². The van der Waals surface area contributed by atoms with Crippen molar-refractivity contribution in [1.29, 1.82) is 0 Å². The number of aryl methyl sites for hydroxylation is 1. The highest BCUT2D eigenvalue weighted by molar-refractivity contribution is 6.02. The number of rotatable bonds is 17. The molecule has 1 saturated carbocycles. The minimum atomic E-state index is -0.834. The Morgan fingerprint density at radius 3 is 2.40 bits per heavy atom. The predicted octanol–water partition coefficient (Wildman–Crippen LogP) is 7.40. The summed E-state index contributed by atoms with van der Waals surface area (Å²) in [6.45, 7) is 6.39. The lowest BCUT2D eigenvalue weighted by molar-refractivity contribution is -0.120. The van der Waals surface area contributed by atoms with Crippen molar-refractivity contribution in [3.63, 3.8) is 0 Å². The number of nitrogens with zero attached hydrogens (tertiary/aromatic N) is 3. The number of carbonyl (C=O) groups is 2. The summed E-state index contributed by atoms with van der Waals surface area (Å²) >= 11 is 0. The number of allylic oxidation sites excluding steroid dienone is 7. The number of aliphatic hydroxyl groups is 1. The van der Waals surface area contributed by atoms with E-state index in [9.17, 15) is 14.7 Å². The molecule has 3 atom stereocenters. The van der Waals surface area contributed by atoms with Gasteiger partial charge in [0, 0.05) is 44.2 Å². The minimum Gasteiger partial charge on any atom is -0.493 e. The Kier molecular flexibility index (Phi) is 13.1. The molecule has 2 heterocycles. The molecule has 1 saturated heterocycles. The summed E-state index contributed by atoms with van der Waals surface area (Å²) in [4.78, 5) is 31.2. The Balaban J connectivity index is 1.02. The smallest absolute Gasteiger partial charge is 0.260 e. The summed E-state index contributed by atoms with van der Waals surface area (Å²) in [5.74, 6) is 2.29. The number of likely N-dealkylation sites (N-methyl/N-ethyl adjacent to an activating group) is 1. The molecule has 2 N–H and O–H groups in total. The highest BCUT2D eigenvalue weighted by Gasteiger charge is 2.54. The quantitative estimate of drug-likeness (QED) is 0.0970. The van der Waals surface area contributed by atoms with Crippen LogP contribution >= 0.6 is 0 Å². The third kappa shape index (κ3) is 9.32. The Morgan fingerprint density at radius 1 is 1.00 bits per heavy atom. The second kappa shape index (κ2) is 18.2. The predicted molar refractivity (Wildman–Crippen MR) is 216 cm³/mol. The molecule has 0 aromatic heterocycles. The van der Waals surface area contributed by atoms with E-state index in [1.807, 2.05) is 48.2 Å². The number of nitrogens with one attached hydrogen (secondary N) is 1. The minimum absolute atomic E-state index is 0.00143. The Morgan fingerprint density at radius 2 is 1.71 bits per heavy atom.